The summed E-state index contributed by atoms with van der Waals surface area (Å²) in [5.74, 6) is -0.507. The topological polar surface area (TPSA) is 125 Å². The van der Waals surface area contributed by atoms with Crippen LogP contribution in [-0.4, -0.2) is 21.0 Å². The molecule has 114 valence electrons. The van der Waals surface area contributed by atoms with Crippen molar-refractivity contribution in [1.82, 2.24) is 10.9 Å². The number of nitro benzene ring substituents is 1. The maximum atomic E-state index is 11.8. The number of phenolic OH excluding ortho intramolecular Hbond substituents is 2. The predicted molar refractivity (Wildman–Crippen MR) is 77.2 cm³/mol. The predicted octanol–water partition coefficient (Wildman–Crippen LogP) is 1.44. The maximum absolute atomic E-state index is 11.8. The molecule has 8 heteroatoms. The molecule has 2 rings (SSSR count). The van der Waals surface area contributed by atoms with Gasteiger partial charge in [0.15, 0.2) is 0 Å². The fraction of sp³-hybridized carbons (Fsp3) is 0.0714. The largest absolute Gasteiger partial charge is 0.508 e. The van der Waals surface area contributed by atoms with Crippen molar-refractivity contribution >= 4 is 11.6 Å². The highest BCUT2D eigenvalue weighted by molar-refractivity contribution is 5.93. The summed E-state index contributed by atoms with van der Waals surface area (Å²) in [6.07, 6.45) is 0. The quantitative estimate of drug-likeness (QED) is 0.489. The Labute approximate surface area is 125 Å². The normalized spacial score (nSPS) is 10.2. The third kappa shape index (κ3) is 3.70. The van der Waals surface area contributed by atoms with E-state index in [0.29, 0.717) is 5.56 Å². The second-order valence-corrected chi connectivity index (χ2v) is 4.42. The summed E-state index contributed by atoms with van der Waals surface area (Å²) in [7, 11) is 0. The number of hydrogen-bond acceptors (Lipinski definition) is 6. The van der Waals surface area contributed by atoms with E-state index in [1.165, 1.54) is 42.5 Å². The van der Waals surface area contributed by atoms with E-state index in [4.69, 9.17) is 5.11 Å². The van der Waals surface area contributed by atoms with E-state index in [0.717, 1.165) is 0 Å². The zero-order chi connectivity index (χ0) is 16.1. The molecule has 0 bridgehead atoms. The summed E-state index contributed by atoms with van der Waals surface area (Å²) >= 11 is 0. The third-order valence-electron chi connectivity index (χ3n) is 2.88. The zero-order valence-corrected chi connectivity index (χ0v) is 11.3. The van der Waals surface area contributed by atoms with Crippen LogP contribution in [0.2, 0.25) is 0 Å². The molecule has 0 aliphatic carbocycles. The SMILES string of the molecule is O=C(NNCc1cc([N+](=O)[O-])ccc1O)c1ccc(O)cc1. The Morgan fingerprint density at radius 1 is 1.14 bits per heavy atom. The van der Waals surface area contributed by atoms with Crippen molar-refractivity contribution in [2.45, 2.75) is 6.54 Å². The van der Waals surface area contributed by atoms with E-state index in [1.807, 2.05) is 0 Å². The molecule has 0 fully saturated rings. The van der Waals surface area contributed by atoms with Crippen molar-refractivity contribution in [3.05, 3.63) is 63.7 Å². The second kappa shape index (κ2) is 6.55. The lowest BCUT2D eigenvalue weighted by molar-refractivity contribution is -0.384. The zero-order valence-electron chi connectivity index (χ0n) is 11.3. The molecule has 0 heterocycles. The van der Waals surface area contributed by atoms with Gasteiger partial charge < -0.3 is 10.2 Å². The molecule has 0 aliphatic rings. The average Bonchev–Trinajstić information content (AvgIpc) is 2.49. The Morgan fingerprint density at radius 2 is 1.82 bits per heavy atom. The number of carbonyl (C=O) groups is 1. The van der Waals surface area contributed by atoms with Gasteiger partial charge in [0.05, 0.1) is 4.92 Å². The van der Waals surface area contributed by atoms with Gasteiger partial charge in [0, 0.05) is 29.8 Å². The third-order valence-corrected chi connectivity index (χ3v) is 2.88. The number of non-ortho nitro benzene ring substituents is 1. The van der Waals surface area contributed by atoms with Gasteiger partial charge in [0.1, 0.15) is 11.5 Å². The first-order valence-corrected chi connectivity index (χ1v) is 6.26. The van der Waals surface area contributed by atoms with Gasteiger partial charge in [-0.2, -0.15) is 0 Å². The molecule has 0 aliphatic heterocycles. The maximum Gasteiger partial charge on any atom is 0.270 e. The van der Waals surface area contributed by atoms with Crippen LogP contribution in [0.1, 0.15) is 15.9 Å². The lowest BCUT2D eigenvalue weighted by atomic mass is 10.2. The van der Waals surface area contributed by atoms with E-state index in [-0.39, 0.29) is 29.3 Å². The van der Waals surface area contributed by atoms with Crippen molar-refractivity contribution < 1.29 is 19.9 Å². The molecule has 0 unspecified atom stereocenters. The van der Waals surface area contributed by atoms with Crippen LogP contribution >= 0.6 is 0 Å². The number of amides is 1. The number of aromatic hydroxyl groups is 2. The minimum absolute atomic E-state index is 0.0112. The first kappa shape index (κ1) is 15.3. The van der Waals surface area contributed by atoms with Gasteiger partial charge in [-0.05, 0) is 30.3 Å². The monoisotopic (exact) mass is 303 g/mol. The van der Waals surface area contributed by atoms with Crippen LogP contribution in [0.5, 0.6) is 11.5 Å². The summed E-state index contributed by atoms with van der Waals surface area (Å²) in [6.45, 7) is 0.0112. The summed E-state index contributed by atoms with van der Waals surface area (Å²) < 4.78 is 0. The number of nitro groups is 1. The lowest BCUT2D eigenvalue weighted by Crippen LogP contribution is -2.36. The van der Waals surface area contributed by atoms with Crippen molar-refractivity contribution in [3.63, 3.8) is 0 Å². The highest BCUT2D eigenvalue weighted by Crippen LogP contribution is 2.22. The molecule has 0 radical (unpaired) electrons. The minimum atomic E-state index is -0.571. The first-order chi connectivity index (χ1) is 10.5. The van der Waals surface area contributed by atoms with Crippen molar-refractivity contribution in [2.24, 2.45) is 0 Å². The Morgan fingerprint density at radius 3 is 2.45 bits per heavy atom. The Kier molecular flexibility index (Phi) is 4.54. The standard InChI is InChI=1S/C14H13N3O5/c18-12-4-1-9(2-5-12)14(20)16-15-8-10-7-11(17(21)22)3-6-13(10)19/h1-7,15,18-19H,8H2,(H,16,20). The van der Waals surface area contributed by atoms with Crippen LogP contribution < -0.4 is 10.9 Å². The van der Waals surface area contributed by atoms with Gasteiger partial charge in [-0.3, -0.25) is 20.3 Å². The van der Waals surface area contributed by atoms with Crippen LogP contribution in [0.15, 0.2) is 42.5 Å². The molecule has 22 heavy (non-hydrogen) atoms. The number of hydrazine groups is 1. The minimum Gasteiger partial charge on any atom is -0.508 e. The Hall–Kier alpha value is -3.13. The number of hydrogen-bond donors (Lipinski definition) is 4. The fourth-order valence-electron chi connectivity index (χ4n) is 1.73. The van der Waals surface area contributed by atoms with Gasteiger partial charge in [-0.15, -0.1) is 0 Å². The van der Waals surface area contributed by atoms with Gasteiger partial charge >= 0.3 is 0 Å². The molecule has 4 N–H and O–H groups in total. The molecular formula is C14H13N3O5. The van der Waals surface area contributed by atoms with E-state index in [2.05, 4.69) is 10.9 Å². The highest BCUT2D eigenvalue weighted by Gasteiger charge is 2.10. The number of benzene rings is 2. The summed E-state index contributed by atoms with van der Waals surface area (Å²) in [6, 6.07) is 9.26. The molecule has 8 nitrogen and oxygen atoms in total. The van der Waals surface area contributed by atoms with Crippen molar-refractivity contribution in [1.29, 1.82) is 0 Å². The molecule has 0 atom stereocenters. The fourth-order valence-corrected chi connectivity index (χ4v) is 1.73. The van der Waals surface area contributed by atoms with Gasteiger partial charge in [-0.1, -0.05) is 0 Å². The Bertz CT molecular complexity index is 700. The van der Waals surface area contributed by atoms with Crippen LogP contribution in [-0.2, 0) is 6.54 Å². The van der Waals surface area contributed by atoms with Crippen LogP contribution in [0.3, 0.4) is 0 Å². The van der Waals surface area contributed by atoms with E-state index < -0.39 is 10.8 Å². The summed E-state index contributed by atoms with van der Waals surface area (Å²) in [4.78, 5) is 21.9. The first-order valence-electron chi connectivity index (χ1n) is 6.26. The number of carbonyl (C=O) groups excluding carboxylic acids is 1. The Balaban J connectivity index is 1.96. The molecule has 0 spiro atoms. The molecule has 0 aromatic heterocycles. The number of nitrogens with one attached hydrogen (secondary N) is 2. The molecular weight excluding hydrogens is 290 g/mol. The lowest BCUT2D eigenvalue weighted by Gasteiger charge is -2.08. The molecule has 2 aromatic rings. The van der Waals surface area contributed by atoms with E-state index in [1.54, 1.807) is 0 Å². The molecule has 1 amide bonds. The molecule has 0 saturated heterocycles. The summed E-state index contributed by atoms with van der Waals surface area (Å²) in [5.41, 5.74) is 5.42. The van der Waals surface area contributed by atoms with Crippen LogP contribution in [0.4, 0.5) is 5.69 Å². The van der Waals surface area contributed by atoms with Gasteiger partial charge in [0.25, 0.3) is 11.6 Å². The number of rotatable bonds is 5. The second-order valence-electron chi connectivity index (χ2n) is 4.42. The van der Waals surface area contributed by atoms with Gasteiger partial charge in [0.2, 0.25) is 0 Å². The highest BCUT2D eigenvalue weighted by atomic mass is 16.6. The van der Waals surface area contributed by atoms with Crippen LogP contribution in [0.25, 0.3) is 0 Å². The average molecular weight is 303 g/mol. The molecule has 2 aromatic carbocycles. The number of nitrogens with zero attached hydrogens (tertiary/aromatic N) is 1. The van der Waals surface area contributed by atoms with Crippen molar-refractivity contribution in [2.75, 3.05) is 0 Å². The summed E-state index contributed by atoms with van der Waals surface area (Å²) in [5, 5.41) is 29.4. The van der Waals surface area contributed by atoms with E-state index >= 15 is 0 Å². The van der Waals surface area contributed by atoms with E-state index in [9.17, 15) is 20.0 Å². The van der Waals surface area contributed by atoms with Gasteiger partial charge in [-0.25, -0.2) is 5.43 Å². The number of phenols is 2. The smallest absolute Gasteiger partial charge is 0.270 e. The van der Waals surface area contributed by atoms with Crippen molar-refractivity contribution in [3.8, 4) is 11.5 Å². The van der Waals surface area contributed by atoms with Crippen LogP contribution in [0, 0.1) is 10.1 Å². The molecule has 0 saturated carbocycles.